The third kappa shape index (κ3) is 5.21. The number of nitrogens with zero attached hydrogens (tertiary/aromatic N) is 2. The fourth-order valence-corrected chi connectivity index (χ4v) is 4.27. The summed E-state index contributed by atoms with van der Waals surface area (Å²) in [4.78, 5) is 12.4. The number of hydrogen-bond acceptors (Lipinski definition) is 8. The first kappa shape index (κ1) is 19.2. The number of esters is 1. The molecular weight excluding hydrogens is 382 g/mol. The molecule has 1 atom stereocenters. The number of nitrogens with one attached hydrogen (secondary N) is 1. The maximum absolute atomic E-state index is 12.4. The van der Waals surface area contributed by atoms with E-state index in [1.807, 2.05) is 54.6 Å². The summed E-state index contributed by atoms with van der Waals surface area (Å²) in [7, 11) is 1.63. The zero-order chi connectivity index (χ0) is 19.1. The summed E-state index contributed by atoms with van der Waals surface area (Å²) in [5.41, 5.74) is 1.76. The summed E-state index contributed by atoms with van der Waals surface area (Å²) in [5, 5.41) is 11.7. The van der Waals surface area contributed by atoms with Gasteiger partial charge in [0.1, 0.15) is 11.0 Å². The molecule has 27 heavy (non-hydrogen) atoms. The Morgan fingerprint density at radius 1 is 1.15 bits per heavy atom. The van der Waals surface area contributed by atoms with Crippen molar-refractivity contribution in [2.24, 2.45) is 0 Å². The Labute approximate surface area is 165 Å². The Balaban J connectivity index is 1.72. The number of carbonyl (C=O) groups excluding carboxylic acids is 1. The van der Waals surface area contributed by atoms with E-state index >= 15 is 0 Å². The van der Waals surface area contributed by atoms with E-state index in [2.05, 4.69) is 15.5 Å². The summed E-state index contributed by atoms with van der Waals surface area (Å²) < 4.78 is 11.1. The molecule has 0 unspecified atom stereocenters. The van der Waals surface area contributed by atoms with Gasteiger partial charge in [-0.15, -0.1) is 10.2 Å². The second kappa shape index (κ2) is 9.38. The van der Waals surface area contributed by atoms with Crippen LogP contribution in [0.15, 0.2) is 58.9 Å². The number of rotatable bonds is 8. The van der Waals surface area contributed by atoms with E-state index in [-0.39, 0.29) is 5.97 Å². The Morgan fingerprint density at radius 3 is 2.56 bits per heavy atom. The molecule has 3 aromatic rings. The molecule has 0 fully saturated rings. The molecule has 0 saturated carbocycles. The molecule has 6 nitrogen and oxygen atoms in total. The molecule has 0 aliphatic carbocycles. The Hall–Kier alpha value is -2.58. The lowest BCUT2D eigenvalue weighted by atomic mass is 10.1. The minimum atomic E-state index is -0.479. The molecule has 2 aromatic carbocycles. The van der Waals surface area contributed by atoms with E-state index in [1.165, 1.54) is 23.1 Å². The fraction of sp³-hybridized carbons (Fsp3) is 0.211. The summed E-state index contributed by atoms with van der Waals surface area (Å²) in [6.07, 6.45) is 0. The second-order valence-corrected chi connectivity index (χ2v) is 7.72. The van der Waals surface area contributed by atoms with Crippen LogP contribution >= 0.6 is 23.1 Å². The Bertz CT molecular complexity index is 869. The lowest BCUT2D eigenvalue weighted by Crippen LogP contribution is -2.13. The minimum Gasteiger partial charge on any atom is -0.497 e. The summed E-state index contributed by atoms with van der Waals surface area (Å²) in [6.45, 7) is 2.13. The highest BCUT2D eigenvalue weighted by Crippen LogP contribution is 2.39. The standard InChI is InChI=1S/C19H19N3O3S2/c1-3-25-17(23)16(13-7-5-4-6-8-13)26-19-22-21-18(27-19)20-14-9-11-15(24-2)12-10-14/h4-12,16H,3H2,1-2H3,(H,20,21)/t16-/m0/s1. The van der Waals surface area contributed by atoms with E-state index < -0.39 is 5.25 Å². The van der Waals surface area contributed by atoms with Gasteiger partial charge in [-0.2, -0.15) is 0 Å². The number of ether oxygens (including phenoxy) is 2. The zero-order valence-corrected chi connectivity index (χ0v) is 16.5. The molecule has 0 radical (unpaired) electrons. The molecule has 8 heteroatoms. The van der Waals surface area contributed by atoms with Gasteiger partial charge in [0.25, 0.3) is 0 Å². The third-order valence-electron chi connectivity index (χ3n) is 3.57. The maximum atomic E-state index is 12.4. The van der Waals surface area contributed by atoms with Gasteiger partial charge in [-0.25, -0.2) is 0 Å². The molecule has 0 saturated heterocycles. The molecule has 3 rings (SSSR count). The van der Waals surface area contributed by atoms with Crippen LogP contribution in [0.2, 0.25) is 0 Å². The van der Waals surface area contributed by atoms with E-state index in [0.717, 1.165) is 17.0 Å². The predicted molar refractivity (Wildman–Crippen MR) is 108 cm³/mol. The van der Waals surface area contributed by atoms with Crippen LogP contribution in [-0.2, 0) is 9.53 Å². The van der Waals surface area contributed by atoms with Gasteiger partial charge < -0.3 is 14.8 Å². The van der Waals surface area contributed by atoms with Gasteiger partial charge in [0.05, 0.1) is 13.7 Å². The Morgan fingerprint density at radius 2 is 1.89 bits per heavy atom. The molecule has 1 aromatic heterocycles. The molecule has 140 valence electrons. The molecule has 0 amide bonds. The van der Waals surface area contributed by atoms with Crippen molar-refractivity contribution in [1.29, 1.82) is 0 Å². The van der Waals surface area contributed by atoms with Gasteiger partial charge in [0.2, 0.25) is 5.13 Å². The predicted octanol–water partition coefficient (Wildman–Crippen LogP) is 4.69. The molecule has 0 aliphatic rings. The van der Waals surface area contributed by atoms with E-state index in [9.17, 15) is 4.79 Å². The first-order chi connectivity index (χ1) is 13.2. The highest BCUT2D eigenvalue weighted by atomic mass is 32.2. The van der Waals surface area contributed by atoms with E-state index in [1.54, 1.807) is 14.0 Å². The molecule has 0 aliphatic heterocycles. The normalized spacial score (nSPS) is 11.6. The van der Waals surface area contributed by atoms with Crippen molar-refractivity contribution in [1.82, 2.24) is 10.2 Å². The second-order valence-electron chi connectivity index (χ2n) is 5.39. The number of hydrogen-bond donors (Lipinski definition) is 1. The van der Waals surface area contributed by atoms with Crippen molar-refractivity contribution in [2.45, 2.75) is 16.5 Å². The largest absolute Gasteiger partial charge is 0.497 e. The lowest BCUT2D eigenvalue weighted by molar-refractivity contribution is -0.142. The van der Waals surface area contributed by atoms with Gasteiger partial charge in [0.15, 0.2) is 4.34 Å². The van der Waals surface area contributed by atoms with Crippen LogP contribution in [0.3, 0.4) is 0 Å². The number of methoxy groups -OCH3 is 1. The molecule has 1 heterocycles. The number of aromatic nitrogens is 2. The average Bonchev–Trinajstić information content (AvgIpc) is 3.14. The van der Waals surface area contributed by atoms with E-state index in [0.29, 0.717) is 16.1 Å². The van der Waals surface area contributed by atoms with Crippen molar-refractivity contribution < 1.29 is 14.3 Å². The number of thioether (sulfide) groups is 1. The van der Waals surface area contributed by atoms with Crippen molar-refractivity contribution >= 4 is 39.9 Å². The maximum Gasteiger partial charge on any atom is 0.324 e. The topological polar surface area (TPSA) is 73.3 Å². The van der Waals surface area contributed by atoms with Crippen LogP contribution in [0.4, 0.5) is 10.8 Å². The van der Waals surface area contributed by atoms with Gasteiger partial charge in [-0.3, -0.25) is 4.79 Å². The number of anilines is 2. The van der Waals surface area contributed by atoms with Gasteiger partial charge in [-0.1, -0.05) is 53.4 Å². The highest BCUT2D eigenvalue weighted by molar-refractivity contribution is 8.01. The fourth-order valence-electron chi connectivity index (χ4n) is 2.30. The van der Waals surface area contributed by atoms with Crippen LogP contribution in [0.1, 0.15) is 17.7 Å². The number of benzene rings is 2. The summed E-state index contributed by atoms with van der Waals surface area (Å²) in [5.74, 6) is 0.503. The lowest BCUT2D eigenvalue weighted by Gasteiger charge is -2.13. The van der Waals surface area contributed by atoms with Crippen LogP contribution in [0.25, 0.3) is 0 Å². The number of carbonyl (C=O) groups is 1. The van der Waals surface area contributed by atoms with Crippen molar-refractivity contribution in [2.75, 3.05) is 19.0 Å². The van der Waals surface area contributed by atoms with Gasteiger partial charge in [0, 0.05) is 5.69 Å². The van der Waals surface area contributed by atoms with Gasteiger partial charge >= 0.3 is 5.97 Å². The third-order valence-corrected chi connectivity index (χ3v) is 5.73. The highest BCUT2D eigenvalue weighted by Gasteiger charge is 2.25. The molecular formula is C19H19N3O3S2. The summed E-state index contributed by atoms with van der Waals surface area (Å²) in [6, 6.07) is 17.1. The smallest absolute Gasteiger partial charge is 0.324 e. The SMILES string of the molecule is CCOC(=O)[C@@H](Sc1nnc(Nc2ccc(OC)cc2)s1)c1ccccc1. The first-order valence-electron chi connectivity index (χ1n) is 8.32. The minimum absolute atomic E-state index is 0.284. The quantitative estimate of drug-likeness (QED) is 0.434. The van der Waals surface area contributed by atoms with Crippen molar-refractivity contribution in [3.63, 3.8) is 0 Å². The molecule has 1 N–H and O–H groups in total. The molecule has 0 spiro atoms. The Kier molecular flexibility index (Phi) is 6.67. The van der Waals surface area contributed by atoms with Crippen molar-refractivity contribution in [3.8, 4) is 5.75 Å². The van der Waals surface area contributed by atoms with Crippen LogP contribution in [-0.4, -0.2) is 29.9 Å². The first-order valence-corrected chi connectivity index (χ1v) is 10.0. The zero-order valence-electron chi connectivity index (χ0n) is 14.9. The molecule has 0 bridgehead atoms. The summed E-state index contributed by atoms with van der Waals surface area (Å²) >= 11 is 2.72. The van der Waals surface area contributed by atoms with Crippen LogP contribution in [0.5, 0.6) is 5.75 Å². The average molecular weight is 402 g/mol. The van der Waals surface area contributed by atoms with Gasteiger partial charge in [-0.05, 0) is 36.8 Å². The monoisotopic (exact) mass is 401 g/mol. The van der Waals surface area contributed by atoms with Crippen LogP contribution in [0, 0.1) is 0 Å². The van der Waals surface area contributed by atoms with Crippen LogP contribution < -0.4 is 10.1 Å². The van der Waals surface area contributed by atoms with Crippen molar-refractivity contribution in [3.05, 3.63) is 60.2 Å². The van der Waals surface area contributed by atoms with E-state index in [4.69, 9.17) is 9.47 Å².